The lowest BCUT2D eigenvalue weighted by atomic mass is 10.00. The molecule has 2 aromatic carbocycles. The molecule has 0 N–H and O–H groups in total. The van der Waals surface area contributed by atoms with Gasteiger partial charge in [-0.3, -0.25) is 0 Å². The average molecular weight is 368 g/mol. The van der Waals surface area contributed by atoms with E-state index in [2.05, 4.69) is 23.3 Å². The molecule has 0 fully saturated rings. The molecule has 0 aliphatic rings. The molecule has 0 atom stereocenters. The van der Waals surface area contributed by atoms with Crippen molar-refractivity contribution < 1.29 is 13.2 Å². The van der Waals surface area contributed by atoms with Crippen LogP contribution in [0.25, 0.3) is 5.57 Å². The van der Waals surface area contributed by atoms with Crippen molar-refractivity contribution in [1.29, 1.82) is 0 Å². The highest BCUT2D eigenvalue weighted by molar-refractivity contribution is 6.84. The maximum absolute atomic E-state index is 13.8. The number of benzene rings is 2. The van der Waals surface area contributed by atoms with Crippen molar-refractivity contribution in [2.24, 2.45) is 0 Å². The molecule has 0 aliphatic heterocycles. The number of hydrogen-bond acceptors (Lipinski definition) is 0. The van der Waals surface area contributed by atoms with Gasteiger partial charge in [-0.25, -0.2) is 0 Å². The van der Waals surface area contributed by atoms with Gasteiger partial charge in [-0.05, 0) is 17.7 Å². The zero-order valence-corrected chi connectivity index (χ0v) is 15.9. The van der Waals surface area contributed by atoms with Crippen molar-refractivity contribution in [1.82, 2.24) is 0 Å². The Balaban J connectivity index is 2.71. The second-order valence-corrected chi connectivity index (χ2v) is 11.5. The number of rotatable bonds is 1. The molecular weight excluding hydrogens is 349 g/mol. The molecule has 0 unspecified atom stereocenters. The fourth-order valence-corrected chi connectivity index (χ4v) is 2.57. The van der Waals surface area contributed by atoms with Crippen LogP contribution in [-0.4, -0.2) is 14.3 Å². The standard InChI is InChI=1S/C22H19F3Si/c1-26(2,3)17-16-20(19-12-8-5-9-13-19)21(22(23,24)25)15-14-18-10-6-4-7-11-18/h4-13H,1-3H3/b21-20+. The fourth-order valence-electron chi connectivity index (χ4n) is 2.07. The van der Waals surface area contributed by atoms with Crippen LogP contribution < -0.4 is 0 Å². The second kappa shape index (κ2) is 8.12. The lowest BCUT2D eigenvalue weighted by Crippen LogP contribution is -2.17. The van der Waals surface area contributed by atoms with Gasteiger partial charge in [0.1, 0.15) is 13.6 Å². The van der Waals surface area contributed by atoms with Crippen molar-refractivity contribution in [2.45, 2.75) is 25.8 Å². The first-order valence-corrected chi connectivity index (χ1v) is 11.6. The Morgan fingerprint density at radius 2 is 1.35 bits per heavy atom. The molecule has 2 aromatic rings. The Hall–Kier alpha value is -2.69. The van der Waals surface area contributed by atoms with E-state index < -0.39 is 19.8 Å². The molecule has 4 heteroatoms. The van der Waals surface area contributed by atoms with Gasteiger partial charge in [0.05, 0.1) is 5.57 Å². The summed E-state index contributed by atoms with van der Waals surface area (Å²) in [7, 11) is -1.86. The lowest BCUT2D eigenvalue weighted by molar-refractivity contribution is -0.0865. The van der Waals surface area contributed by atoms with Gasteiger partial charge in [0.2, 0.25) is 0 Å². The summed E-state index contributed by atoms with van der Waals surface area (Å²) in [5, 5.41) is 0. The van der Waals surface area contributed by atoms with Crippen molar-refractivity contribution in [3.63, 3.8) is 0 Å². The van der Waals surface area contributed by atoms with Crippen LogP contribution in [0.5, 0.6) is 0 Å². The first kappa shape index (κ1) is 19.6. The largest absolute Gasteiger partial charge is 0.425 e. The first-order valence-electron chi connectivity index (χ1n) is 8.14. The van der Waals surface area contributed by atoms with E-state index in [0.29, 0.717) is 11.1 Å². The Morgan fingerprint density at radius 3 is 1.85 bits per heavy atom. The minimum atomic E-state index is -4.58. The Labute approximate surface area is 153 Å². The van der Waals surface area contributed by atoms with Crippen LogP contribution in [0.4, 0.5) is 13.2 Å². The molecule has 0 nitrogen and oxygen atoms in total. The molecule has 0 bridgehead atoms. The van der Waals surface area contributed by atoms with Gasteiger partial charge in [-0.2, -0.15) is 13.2 Å². The Kier molecular flexibility index (Phi) is 6.13. The molecular formula is C22H19F3Si. The van der Waals surface area contributed by atoms with Crippen LogP contribution in [0.15, 0.2) is 66.2 Å². The van der Waals surface area contributed by atoms with Crippen LogP contribution in [0.3, 0.4) is 0 Å². The predicted octanol–water partition coefficient (Wildman–Crippen LogP) is 5.94. The van der Waals surface area contributed by atoms with E-state index >= 15 is 0 Å². The minimum absolute atomic E-state index is 0.0658. The molecule has 0 spiro atoms. The van der Waals surface area contributed by atoms with Crippen molar-refractivity contribution in [3.8, 4) is 23.3 Å². The molecule has 0 amide bonds. The lowest BCUT2D eigenvalue weighted by Gasteiger charge is -2.11. The summed E-state index contributed by atoms with van der Waals surface area (Å²) in [5.41, 5.74) is 3.02. The SMILES string of the molecule is C[Si](C)(C)C#C/C(=C(/C#Cc1ccccc1)C(F)(F)F)c1ccccc1. The van der Waals surface area contributed by atoms with E-state index in [4.69, 9.17) is 0 Å². The summed E-state index contributed by atoms with van der Waals surface area (Å²) in [5.74, 6) is 7.73. The highest BCUT2D eigenvalue weighted by atomic mass is 28.3. The number of hydrogen-bond donors (Lipinski definition) is 0. The van der Waals surface area contributed by atoms with E-state index in [0.717, 1.165) is 0 Å². The first-order chi connectivity index (χ1) is 12.2. The Morgan fingerprint density at radius 1 is 0.808 bits per heavy atom. The average Bonchev–Trinajstić information content (AvgIpc) is 2.57. The maximum atomic E-state index is 13.8. The van der Waals surface area contributed by atoms with Crippen molar-refractivity contribution in [3.05, 3.63) is 77.4 Å². The smallest absolute Gasteiger partial charge is 0.165 e. The van der Waals surface area contributed by atoms with Crippen molar-refractivity contribution >= 4 is 13.6 Å². The molecule has 26 heavy (non-hydrogen) atoms. The number of halogens is 3. The fraction of sp³-hybridized carbons (Fsp3) is 0.182. The summed E-state index contributed by atoms with van der Waals surface area (Å²) in [6.07, 6.45) is -4.58. The van der Waals surface area contributed by atoms with Crippen molar-refractivity contribution in [2.75, 3.05) is 0 Å². The van der Waals surface area contributed by atoms with E-state index in [1.165, 1.54) is 0 Å². The summed E-state index contributed by atoms with van der Waals surface area (Å²) >= 11 is 0. The zero-order chi connectivity index (χ0) is 19.2. The molecule has 0 aromatic heterocycles. The summed E-state index contributed by atoms with van der Waals surface area (Å²) in [6, 6.07) is 17.0. The van der Waals surface area contributed by atoms with Gasteiger partial charge in [0.25, 0.3) is 0 Å². The van der Waals surface area contributed by atoms with Crippen LogP contribution in [-0.2, 0) is 0 Å². The molecule has 0 aliphatic carbocycles. The minimum Gasteiger partial charge on any atom is -0.165 e. The highest BCUT2D eigenvalue weighted by Gasteiger charge is 2.35. The van der Waals surface area contributed by atoms with Crippen LogP contribution in [0.2, 0.25) is 19.6 Å². The molecule has 0 saturated carbocycles. The molecule has 0 radical (unpaired) electrons. The third-order valence-electron chi connectivity index (χ3n) is 3.26. The summed E-state index contributed by atoms with van der Waals surface area (Å²) in [6.45, 7) is 5.97. The van der Waals surface area contributed by atoms with Gasteiger partial charge in [-0.1, -0.05) is 85.9 Å². The molecule has 132 valence electrons. The maximum Gasteiger partial charge on any atom is 0.425 e. The van der Waals surface area contributed by atoms with E-state index in [-0.39, 0.29) is 5.57 Å². The predicted molar refractivity (Wildman–Crippen MR) is 104 cm³/mol. The normalized spacial score (nSPS) is 12.2. The highest BCUT2D eigenvalue weighted by Crippen LogP contribution is 2.32. The van der Waals surface area contributed by atoms with Gasteiger partial charge in [0, 0.05) is 5.56 Å². The third kappa shape index (κ3) is 5.99. The van der Waals surface area contributed by atoms with Crippen LogP contribution >= 0.6 is 0 Å². The number of allylic oxidation sites excluding steroid dienone is 2. The second-order valence-electron chi connectivity index (χ2n) is 6.73. The van der Waals surface area contributed by atoms with Crippen LogP contribution in [0, 0.1) is 23.3 Å². The monoisotopic (exact) mass is 368 g/mol. The van der Waals surface area contributed by atoms with Gasteiger partial charge >= 0.3 is 6.18 Å². The van der Waals surface area contributed by atoms with E-state index in [9.17, 15) is 13.2 Å². The molecule has 0 saturated heterocycles. The molecule has 2 rings (SSSR count). The quantitative estimate of drug-likeness (QED) is 0.432. The van der Waals surface area contributed by atoms with E-state index in [1.54, 1.807) is 60.7 Å². The molecule has 0 heterocycles. The zero-order valence-electron chi connectivity index (χ0n) is 14.9. The summed E-state index contributed by atoms with van der Waals surface area (Å²) < 4.78 is 41.3. The summed E-state index contributed by atoms with van der Waals surface area (Å²) in [4.78, 5) is 0. The Bertz CT molecular complexity index is 895. The third-order valence-corrected chi connectivity index (χ3v) is 4.14. The number of alkyl halides is 3. The topological polar surface area (TPSA) is 0 Å². The van der Waals surface area contributed by atoms with Gasteiger partial charge < -0.3 is 0 Å². The van der Waals surface area contributed by atoms with E-state index in [1.807, 2.05) is 19.6 Å². The van der Waals surface area contributed by atoms with Gasteiger partial charge in [-0.15, -0.1) is 5.54 Å². The van der Waals surface area contributed by atoms with Gasteiger partial charge in [0.15, 0.2) is 0 Å². The van der Waals surface area contributed by atoms with Crippen LogP contribution in [0.1, 0.15) is 11.1 Å².